The second-order valence-corrected chi connectivity index (χ2v) is 17.7. The number of rotatable bonds is 3. The normalized spacial score (nSPS) is 15.4. The minimum absolute atomic E-state index is 0.150. The molecule has 46 heavy (non-hydrogen) atoms. The minimum atomic E-state index is -2.08. The van der Waals surface area contributed by atoms with Crippen molar-refractivity contribution >= 4 is 35.5 Å². The highest BCUT2D eigenvalue weighted by molar-refractivity contribution is 7.01. The van der Waals surface area contributed by atoms with Crippen molar-refractivity contribution in [3.05, 3.63) is 139 Å². The van der Waals surface area contributed by atoms with E-state index in [1.807, 2.05) is 36.4 Å². The molecule has 0 fully saturated rings. The van der Waals surface area contributed by atoms with Gasteiger partial charge in [-0.3, -0.25) is 0 Å². The van der Waals surface area contributed by atoms with Crippen LogP contribution in [-0.2, 0) is 5.41 Å². The van der Waals surface area contributed by atoms with E-state index in [1.165, 1.54) is 32.6 Å². The predicted molar refractivity (Wildman–Crippen MR) is 189 cm³/mol. The van der Waals surface area contributed by atoms with E-state index in [1.54, 1.807) is 0 Å². The van der Waals surface area contributed by atoms with Gasteiger partial charge in [-0.2, -0.15) is 0 Å². The first-order valence-electron chi connectivity index (χ1n) is 15.9. The highest BCUT2D eigenvalue weighted by atomic mass is 28.3. The molecule has 4 nitrogen and oxygen atoms in total. The molecule has 0 spiro atoms. The highest BCUT2D eigenvalue weighted by Crippen LogP contribution is 2.55. The fourth-order valence-electron chi connectivity index (χ4n) is 7.58. The Bertz CT molecular complexity index is 2220. The summed E-state index contributed by atoms with van der Waals surface area (Å²) in [6.07, 6.45) is 0. The van der Waals surface area contributed by atoms with Gasteiger partial charge in [-0.1, -0.05) is 106 Å². The average molecular weight is 616 g/mol. The van der Waals surface area contributed by atoms with E-state index in [4.69, 9.17) is 14.2 Å². The lowest BCUT2D eigenvalue weighted by Crippen LogP contribution is -2.56. The first-order chi connectivity index (χ1) is 22.3. The number of fused-ring (bicyclic) bond motifs is 7. The van der Waals surface area contributed by atoms with E-state index in [-0.39, 0.29) is 5.41 Å². The lowest BCUT2D eigenvalue weighted by molar-refractivity contribution is 0.360. The first kappa shape index (κ1) is 27.1. The van der Waals surface area contributed by atoms with Crippen LogP contribution in [0, 0.1) is 0 Å². The summed E-state index contributed by atoms with van der Waals surface area (Å²) in [7, 11) is -2.08. The number of hydrogen-bond acceptors (Lipinski definition) is 4. The average Bonchev–Trinajstić information content (AvgIpc) is 3.30. The van der Waals surface area contributed by atoms with E-state index < -0.39 is 8.07 Å². The molecule has 0 amide bonds. The number of nitrogens with zero attached hydrogens (tertiary/aromatic N) is 1. The lowest BCUT2D eigenvalue weighted by atomic mass is 9.82. The number of benzene rings is 6. The molecule has 0 radical (unpaired) electrons. The van der Waals surface area contributed by atoms with Crippen molar-refractivity contribution in [3.8, 4) is 45.6 Å². The van der Waals surface area contributed by atoms with E-state index in [9.17, 15) is 0 Å². The van der Waals surface area contributed by atoms with Gasteiger partial charge in [0.15, 0.2) is 28.7 Å². The Morgan fingerprint density at radius 1 is 0.500 bits per heavy atom. The summed E-state index contributed by atoms with van der Waals surface area (Å²) in [5, 5.41) is 2.59. The van der Waals surface area contributed by atoms with Gasteiger partial charge in [0, 0.05) is 11.1 Å². The van der Waals surface area contributed by atoms with Gasteiger partial charge >= 0.3 is 0 Å². The van der Waals surface area contributed by atoms with Gasteiger partial charge in [0.25, 0.3) is 0 Å². The van der Waals surface area contributed by atoms with Crippen LogP contribution in [0.25, 0.3) is 11.1 Å². The summed E-state index contributed by atoms with van der Waals surface area (Å²) in [6.45, 7) is 9.47. The summed E-state index contributed by atoms with van der Waals surface area (Å²) in [5.41, 5.74) is 7.97. The summed E-state index contributed by atoms with van der Waals surface area (Å²) in [4.78, 5) is 2.30. The molecule has 0 N–H and O–H groups in total. The van der Waals surface area contributed by atoms with Crippen molar-refractivity contribution in [2.75, 3.05) is 4.90 Å². The van der Waals surface area contributed by atoms with Crippen LogP contribution in [0.5, 0.6) is 34.5 Å². The van der Waals surface area contributed by atoms with Crippen molar-refractivity contribution in [3.63, 3.8) is 0 Å². The van der Waals surface area contributed by atoms with Crippen LogP contribution in [0.3, 0.4) is 0 Å². The van der Waals surface area contributed by atoms with Crippen LogP contribution in [0.15, 0.2) is 127 Å². The Kier molecular flexibility index (Phi) is 5.66. The van der Waals surface area contributed by atoms with Crippen molar-refractivity contribution < 1.29 is 14.2 Å². The Hall–Kier alpha value is -5.26. The standard InChI is InChI=1S/C41H33NO3Si/c1-41(2)29-14-6-5-13-27(29)28-24-23-26(25-30(28)41)42(31-15-11-20-36-39(31)44-34-18-8-7-17-33(34)43-36)32-16-12-22-38-40(32)45-35-19-9-10-21-37(35)46(38,3)4/h5-25H,1-4H3. The molecule has 2 aliphatic heterocycles. The van der Waals surface area contributed by atoms with Crippen molar-refractivity contribution in [1.82, 2.24) is 0 Å². The molecule has 0 bridgehead atoms. The summed E-state index contributed by atoms with van der Waals surface area (Å²) in [6, 6.07) is 44.7. The molecular weight excluding hydrogens is 583 g/mol. The molecule has 9 rings (SSSR count). The van der Waals surface area contributed by atoms with Crippen molar-refractivity contribution in [1.29, 1.82) is 0 Å². The summed E-state index contributed by atoms with van der Waals surface area (Å²) < 4.78 is 19.9. The van der Waals surface area contributed by atoms with Gasteiger partial charge in [-0.15, -0.1) is 0 Å². The van der Waals surface area contributed by atoms with Gasteiger partial charge in [0.05, 0.1) is 11.4 Å². The van der Waals surface area contributed by atoms with Crippen LogP contribution < -0.4 is 29.5 Å². The molecule has 0 saturated carbocycles. The number of hydrogen-bond donors (Lipinski definition) is 0. The molecule has 6 aromatic rings. The SMILES string of the molecule is CC1(C)c2ccccc2-c2ccc(N(c3cccc4c3Oc3ccccc3O4)c3cccc4c3Oc3ccccc3[Si]4(C)C)cc21. The van der Waals surface area contributed by atoms with Crippen LogP contribution in [0.1, 0.15) is 25.0 Å². The summed E-state index contributed by atoms with van der Waals surface area (Å²) in [5.74, 6) is 4.60. The Morgan fingerprint density at radius 3 is 1.91 bits per heavy atom. The number of para-hydroxylation sites is 5. The van der Waals surface area contributed by atoms with Crippen molar-refractivity contribution in [2.24, 2.45) is 0 Å². The minimum Gasteiger partial charge on any atom is -0.455 e. The van der Waals surface area contributed by atoms with Crippen LogP contribution >= 0.6 is 0 Å². The van der Waals surface area contributed by atoms with Gasteiger partial charge in [-0.05, 0) is 81.2 Å². The molecule has 1 aliphatic carbocycles. The topological polar surface area (TPSA) is 30.9 Å². The maximum Gasteiger partial charge on any atom is 0.194 e. The molecule has 224 valence electrons. The van der Waals surface area contributed by atoms with Crippen LogP contribution in [0.2, 0.25) is 13.1 Å². The smallest absolute Gasteiger partial charge is 0.194 e. The van der Waals surface area contributed by atoms with Gasteiger partial charge < -0.3 is 19.1 Å². The lowest BCUT2D eigenvalue weighted by Gasteiger charge is -2.37. The molecule has 0 atom stereocenters. The molecule has 2 heterocycles. The predicted octanol–water partition coefficient (Wildman–Crippen LogP) is 10.3. The molecule has 5 heteroatoms. The van der Waals surface area contributed by atoms with Gasteiger partial charge in [0.1, 0.15) is 13.8 Å². The third-order valence-electron chi connectivity index (χ3n) is 9.99. The third-order valence-corrected chi connectivity index (χ3v) is 13.5. The number of anilines is 3. The van der Waals surface area contributed by atoms with Crippen LogP contribution in [-0.4, -0.2) is 8.07 Å². The van der Waals surface area contributed by atoms with Crippen LogP contribution in [0.4, 0.5) is 17.1 Å². The monoisotopic (exact) mass is 615 g/mol. The van der Waals surface area contributed by atoms with E-state index in [0.717, 1.165) is 28.6 Å². The second-order valence-electron chi connectivity index (χ2n) is 13.4. The maximum absolute atomic E-state index is 6.87. The first-order valence-corrected chi connectivity index (χ1v) is 18.9. The maximum atomic E-state index is 6.87. The quantitative estimate of drug-likeness (QED) is 0.185. The second kappa shape index (κ2) is 9.62. The van der Waals surface area contributed by atoms with E-state index >= 15 is 0 Å². The van der Waals surface area contributed by atoms with Crippen molar-refractivity contribution in [2.45, 2.75) is 32.4 Å². The van der Waals surface area contributed by atoms with E-state index in [0.29, 0.717) is 23.0 Å². The molecule has 0 unspecified atom stereocenters. The fourth-order valence-corrected chi connectivity index (χ4v) is 10.4. The zero-order valence-electron chi connectivity index (χ0n) is 26.3. The van der Waals surface area contributed by atoms with E-state index in [2.05, 4.69) is 123 Å². The fraction of sp³-hybridized carbons (Fsp3) is 0.122. The third kappa shape index (κ3) is 3.78. The molecule has 3 aliphatic rings. The Labute approximate surface area is 270 Å². The molecule has 6 aromatic carbocycles. The Balaban J connectivity index is 1.29. The molecular formula is C41H33NO3Si. The zero-order valence-corrected chi connectivity index (χ0v) is 27.3. The molecule has 0 saturated heterocycles. The van der Waals surface area contributed by atoms with Gasteiger partial charge in [0.2, 0.25) is 0 Å². The molecule has 0 aromatic heterocycles. The van der Waals surface area contributed by atoms with Gasteiger partial charge in [-0.25, -0.2) is 0 Å². The Morgan fingerprint density at radius 2 is 1.09 bits per heavy atom. The number of ether oxygens (including phenoxy) is 3. The highest BCUT2D eigenvalue weighted by Gasteiger charge is 2.40. The summed E-state index contributed by atoms with van der Waals surface area (Å²) >= 11 is 0. The zero-order chi connectivity index (χ0) is 31.2. The largest absolute Gasteiger partial charge is 0.455 e.